The second kappa shape index (κ2) is 8.38. The molecule has 2 saturated carbocycles. The molecule has 0 aromatic carbocycles. The van der Waals surface area contributed by atoms with E-state index >= 15 is 0 Å². The second-order valence-corrected chi connectivity index (χ2v) is 7.10. The molecule has 0 heterocycles. The molecule has 2 fully saturated rings. The van der Waals surface area contributed by atoms with Crippen molar-refractivity contribution in [3.63, 3.8) is 0 Å². The average molecular weight is 281 g/mol. The minimum absolute atomic E-state index is 0.271. The van der Waals surface area contributed by atoms with Crippen LogP contribution in [0.1, 0.15) is 78.1 Å². The summed E-state index contributed by atoms with van der Waals surface area (Å²) < 4.78 is 6.14. The summed E-state index contributed by atoms with van der Waals surface area (Å²) in [5.74, 6) is 2.33. The lowest BCUT2D eigenvalue weighted by Crippen LogP contribution is -2.48. The molecule has 2 nitrogen and oxygen atoms in total. The van der Waals surface area contributed by atoms with Gasteiger partial charge in [0.1, 0.15) is 0 Å². The molecule has 2 heteroatoms. The summed E-state index contributed by atoms with van der Waals surface area (Å²) in [6, 6.07) is 0.271. The highest BCUT2D eigenvalue weighted by molar-refractivity contribution is 4.89. The van der Waals surface area contributed by atoms with Crippen LogP contribution in [-0.2, 0) is 4.74 Å². The second-order valence-electron chi connectivity index (χ2n) is 7.10. The fraction of sp³-hybridized carbons (Fsp3) is 1.00. The molecule has 2 aliphatic carbocycles. The molecule has 0 bridgehead atoms. The summed E-state index contributed by atoms with van der Waals surface area (Å²) in [6.07, 6.45) is 13.9. The highest BCUT2D eigenvalue weighted by Crippen LogP contribution is 2.37. The maximum Gasteiger partial charge on any atom is 0.0756 e. The summed E-state index contributed by atoms with van der Waals surface area (Å²) in [7, 11) is 0. The van der Waals surface area contributed by atoms with Crippen LogP contribution in [0.4, 0.5) is 0 Å². The molecule has 4 unspecified atom stereocenters. The zero-order chi connectivity index (χ0) is 14.4. The maximum atomic E-state index is 6.70. The Kier molecular flexibility index (Phi) is 6.83. The highest BCUT2D eigenvalue weighted by Gasteiger charge is 2.35. The van der Waals surface area contributed by atoms with E-state index in [9.17, 15) is 0 Å². The maximum absolute atomic E-state index is 6.70. The van der Waals surface area contributed by atoms with Crippen LogP contribution in [0.25, 0.3) is 0 Å². The van der Waals surface area contributed by atoms with Crippen LogP contribution in [0, 0.1) is 17.8 Å². The molecule has 0 spiro atoms. The molecule has 0 saturated heterocycles. The Balaban J connectivity index is 1.95. The molecule has 0 aromatic heterocycles. The molecular formula is C18H35NO. The lowest BCUT2D eigenvalue weighted by Gasteiger charge is -2.40. The molecule has 0 radical (unpaired) electrons. The average Bonchev–Trinajstić information content (AvgIpc) is 2.53. The zero-order valence-electron chi connectivity index (χ0n) is 13.7. The Morgan fingerprint density at radius 2 is 1.65 bits per heavy atom. The Bertz CT molecular complexity index is 262. The van der Waals surface area contributed by atoms with E-state index in [0.29, 0.717) is 12.0 Å². The van der Waals surface area contributed by atoms with Crippen molar-refractivity contribution in [2.75, 3.05) is 6.61 Å². The lowest BCUT2D eigenvalue weighted by atomic mass is 9.72. The third kappa shape index (κ3) is 4.21. The van der Waals surface area contributed by atoms with Crippen molar-refractivity contribution in [2.45, 2.75) is 90.2 Å². The number of hydrogen-bond acceptors (Lipinski definition) is 2. The first-order valence-electron chi connectivity index (χ1n) is 9.13. The number of hydrogen-bond donors (Lipinski definition) is 1. The Morgan fingerprint density at radius 1 is 0.950 bits per heavy atom. The molecule has 0 aliphatic heterocycles. The van der Waals surface area contributed by atoms with Gasteiger partial charge in [0, 0.05) is 12.6 Å². The summed E-state index contributed by atoms with van der Waals surface area (Å²) >= 11 is 0. The molecule has 2 N–H and O–H groups in total. The molecule has 0 aromatic rings. The van der Waals surface area contributed by atoms with Gasteiger partial charge in [0.05, 0.1) is 6.10 Å². The molecule has 0 amide bonds. The quantitative estimate of drug-likeness (QED) is 0.777. The predicted molar refractivity (Wildman–Crippen MR) is 85.7 cm³/mol. The normalized spacial score (nSPS) is 31.9. The number of ether oxygens (including phenoxy) is 1. The van der Waals surface area contributed by atoms with Crippen LogP contribution in [0.15, 0.2) is 0 Å². The van der Waals surface area contributed by atoms with E-state index in [2.05, 4.69) is 13.8 Å². The van der Waals surface area contributed by atoms with Gasteiger partial charge in [0.25, 0.3) is 0 Å². The fourth-order valence-electron chi connectivity index (χ4n) is 4.54. The van der Waals surface area contributed by atoms with E-state index in [0.717, 1.165) is 18.4 Å². The van der Waals surface area contributed by atoms with Crippen molar-refractivity contribution < 1.29 is 4.74 Å². The monoisotopic (exact) mass is 281 g/mol. The molecule has 2 rings (SSSR count). The smallest absolute Gasteiger partial charge is 0.0756 e. The van der Waals surface area contributed by atoms with Gasteiger partial charge in [0.2, 0.25) is 0 Å². The summed E-state index contributed by atoms with van der Waals surface area (Å²) in [5.41, 5.74) is 6.70. The van der Waals surface area contributed by atoms with E-state index in [-0.39, 0.29) is 6.04 Å². The van der Waals surface area contributed by atoms with Gasteiger partial charge in [-0.05, 0) is 50.4 Å². The summed E-state index contributed by atoms with van der Waals surface area (Å²) in [5, 5.41) is 0. The van der Waals surface area contributed by atoms with Gasteiger partial charge in [-0.1, -0.05) is 45.4 Å². The standard InChI is InChI=1S/C18H35NO/c1-3-14-9-8-12-16(13-14)17(19)18(20-4-2)15-10-6-5-7-11-15/h14-18H,3-13,19H2,1-2H3. The van der Waals surface area contributed by atoms with Gasteiger partial charge in [-0.25, -0.2) is 0 Å². The first-order valence-corrected chi connectivity index (χ1v) is 9.13. The molecular weight excluding hydrogens is 246 g/mol. The Hall–Kier alpha value is -0.0800. The fourth-order valence-corrected chi connectivity index (χ4v) is 4.54. The van der Waals surface area contributed by atoms with Gasteiger partial charge >= 0.3 is 0 Å². The van der Waals surface area contributed by atoms with Crippen molar-refractivity contribution in [1.82, 2.24) is 0 Å². The third-order valence-corrected chi connectivity index (χ3v) is 5.80. The van der Waals surface area contributed by atoms with Crippen molar-refractivity contribution >= 4 is 0 Å². The van der Waals surface area contributed by atoms with E-state index in [1.807, 2.05) is 0 Å². The van der Waals surface area contributed by atoms with Crippen LogP contribution < -0.4 is 5.73 Å². The van der Waals surface area contributed by atoms with Gasteiger partial charge in [-0.15, -0.1) is 0 Å². The lowest BCUT2D eigenvalue weighted by molar-refractivity contribution is -0.0279. The minimum atomic E-state index is 0.271. The SMILES string of the molecule is CCOC(C1CCCCC1)C(N)C1CCCC(CC)C1. The van der Waals surface area contributed by atoms with Gasteiger partial charge in [0.15, 0.2) is 0 Å². The minimum Gasteiger partial charge on any atom is -0.377 e. The van der Waals surface area contributed by atoms with Crippen LogP contribution in [-0.4, -0.2) is 18.8 Å². The molecule has 20 heavy (non-hydrogen) atoms. The van der Waals surface area contributed by atoms with E-state index in [1.165, 1.54) is 64.2 Å². The zero-order valence-corrected chi connectivity index (χ0v) is 13.7. The third-order valence-electron chi connectivity index (χ3n) is 5.80. The van der Waals surface area contributed by atoms with Crippen molar-refractivity contribution in [3.05, 3.63) is 0 Å². The summed E-state index contributed by atoms with van der Waals surface area (Å²) in [6.45, 7) is 5.27. The first-order chi connectivity index (χ1) is 9.76. The van der Waals surface area contributed by atoms with Crippen LogP contribution >= 0.6 is 0 Å². The molecule has 2 aliphatic rings. The van der Waals surface area contributed by atoms with E-state index in [4.69, 9.17) is 10.5 Å². The number of rotatable bonds is 6. The Labute approximate surface area is 125 Å². The van der Waals surface area contributed by atoms with Crippen molar-refractivity contribution in [3.8, 4) is 0 Å². The van der Waals surface area contributed by atoms with Crippen LogP contribution in [0.5, 0.6) is 0 Å². The topological polar surface area (TPSA) is 35.2 Å². The summed E-state index contributed by atoms with van der Waals surface area (Å²) in [4.78, 5) is 0. The van der Waals surface area contributed by atoms with Crippen LogP contribution in [0.2, 0.25) is 0 Å². The van der Waals surface area contributed by atoms with E-state index < -0.39 is 0 Å². The van der Waals surface area contributed by atoms with Gasteiger partial charge in [-0.2, -0.15) is 0 Å². The van der Waals surface area contributed by atoms with E-state index in [1.54, 1.807) is 0 Å². The molecule has 4 atom stereocenters. The van der Waals surface area contributed by atoms with Gasteiger partial charge < -0.3 is 10.5 Å². The van der Waals surface area contributed by atoms with Crippen molar-refractivity contribution in [1.29, 1.82) is 0 Å². The largest absolute Gasteiger partial charge is 0.377 e. The number of nitrogens with two attached hydrogens (primary N) is 1. The first kappa shape index (κ1) is 16.3. The predicted octanol–water partition coefficient (Wildman–Crippen LogP) is 4.52. The molecule has 118 valence electrons. The Morgan fingerprint density at radius 3 is 2.30 bits per heavy atom. The highest BCUT2D eigenvalue weighted by atomic mass is 16.5. The van der Waals surface area contributed by atoms with Crippen LogP contribution in [0.3, 0.4) is 0 Å². The van der Waals surface area contributed by atoms with Crippen molar-refractivity contribution in [2.24, 2.45) is 23.5 Å². The van der Waals surface area contributed by atoms with Gasteiger partial charge in [-0.3, -0.25) is 0 Å².